The van der Waals surface area contributed by atoms with E-state index in [1.54, 1.807) is 11.8 Å². The zero-order valence-electron chi connectivity index (χ0n) is 10.8. The van der Waals surface area contributed by atoms with Crippen LogP contribution in [0, 0.1) is 5.41 Å². The molecule has 1 heterocycles. The molecule has 0 bridgehead atoms. The number of likely N-dealkylation sites (tertiary alicyclic amines) is 1. The minimum absolute atomic E-state index is 0.333. The van der Waals surface area contributed by atoms with Gasteiger partial charge in [-0.05, 0) is 48.9 Å². The lowest BCUT2D eigenvalue weighted by atomic mass is 9.90. The average molecular weight is 250 g/mol. The second-order valence-electron chi connectivity index (χ2n) is 5.32. The van der Waals surface area contributed by atoms with Crippen LogP contribution in [0.15, 0.2) is 29.2 Å². The molecule has 94 valence electrons. The summed E-state index contributed by atoms with van der Waals surface area (Å²) in [5, 5.41) is 0. The van der Waals surface area contributed by atoms with E-state index in [1.165, 1.54) is 23.4 Å². The molecule has 1 aromatic carbocycles. The second-order valence-corrected chi connectivity index (χ2v) is 6.20. The monoisotopic (exact) mass is 250 g/mol. The van der Waals surface area contributed by atoms with Gasteiger partial charge < -0.3 is 5.73 Å². The van der Waals surface area contributed by atoms with Crippen LogP contribution in [0.5, 0.6) is 0 Å². The Kier molecular flexibility index (Phi) is 4.13. The summed E-state index contributed by atoms with van der Waals surface area (Å²) in [7, 11) is 0. The summed E-state index contributed by atoms with van der Waals surface area (Å²) >= 11 is 1.79. The molecule has 1 aliphatic heterocycles. The Bertz CT molecular complexity index is 363. The largest absolute Gasteiger partial charge is 0.330 e. The Morgan fingerprint density at radius 2 is 2.06 bits per heavy atom. The summed E-state index contributed by atoms with van der Waals surface area (Å²) < 4.78 is 0. The average Bonchev–Trinajstić information content (AvgIpc) is 2.73. The van der Waals surface area contributed by atoms with E-state index in [2.05, 4.69) is 42.3 Å². The van der Waals surface area contributed by atoms with Crippen molar-refractivity contribution in [1.82, 2.24) is 4.90 Å². The first kappa shape index (κ1) is 12.9. The van der Waals surface area contributed by atoms with Crippen molar-refractivity contribution in [3.63, 3.8) is 0 Å². The van der Waals surface area contributed by atoms with E-state index < -0.39 is 0 Å². The summed E-state index contributed by atoms with van der Waals surface area (Å²) in [5.41, 5.74) is 7.57. The molecule has 0 radical (unpaired) electrons. The van der Waals surface area contributed by atoms with E-state index in [0.717, 1.165) is 19.6 Å². The first-order valence-corrected chi connectivity index (χ1v) is 7.43. The van der Waals surface area contributed by atoms with Crippen LogP contribution < -0.4 is 5.73 Å². The summed E-state index contributed by atoms with van der Waals surface area (Å²) in [6.07, 6.45) is 3.34. The maximum atomic E-state index is 5.83. The van der Waals surface area contributed by atoms with Crippen molar-refractivity contribution in [3.8, 4) is 0 Å². The van der Waals surface area contributed by atoms with Gasteiger partial charge in [-0.25, -0.2) is 0 Å². The highest BCUT2D eigenvalue weighted by Gasteiger charge is 2.32. The molecular weight excluding hydrogens is 228 g/mol. The van der Waals surface area contributed by atoms with E-state index in [-0.39, 0.29) is 0 Å². The van der Waals surface area contributed by atoms with Gasteiger partial charge in [0.25, 0.3) is 0 Å². The third-order valence-corrected chi connectivity index (χ3v) is 4.44. The van der Waals surface area contributed by atoms with Crippen molar-refractivity contribution in [3.05, 3.63) is 29.8 Å². The van der Waals surface area contributed by atoms with E-state index in [1.807, 2.05) is 0 Å². The van der Waals surface area contributed by atoms with E-state index >= 15 is 0 Å². The van der Waals surface area contributed by atoms with Crippen LogP contribution >= 0.6 is 11.8 Å². The van der Waals surface area contributed by atoms with E-state index in [4.69, 9.17) is 5.73 Å². The molecule has 1 unspecified atom stereocenters. The zero-order chi connectivity index (χ0) is 12.3. The molecule has 0 aromatic heterocycles. The predicted octanol–water partition coefficient (Wildman–Crippen LogP) is 2.58. The minimum atomic E-state index is 0.333. The molecule has 1 aromatic rings. The van der Waals surface area contributed by atoms with Crippen molar-refractivity contribution < 1.29 is 0 Å². The first-order chi connectivity index (χ1) is 8.15. The quantitative estimate of drug-likeness (QED) is 0.833. The zero-order valence-corrected chi connectivity index (χ0v) is 11.6. The molecule has 1 saturated heterocycles. The maximum Gasteiger partial charge on any atom is 0.0233 e. The summed E-state index contributed by atoms with van der Waals surface area (Å²) in [6.45, 7) is 6.47. The van der Waals surface area contributed by atoms with E-state index in [0.29, 0.717) is 5.41 Å². The highest BCUT2D eigenvalue weighted by atomic mass is 32.2. The number of hydrogen-bond donors (Lipinski definition) is 1. The topological polar surface area (TPSA) is 29.3 Å². The number of nitrogens with two attached hydrogens (primary N) is 1. The molecule has 0 amide bonds. The second kappa shape index (κ2) is 5.42. The highest BCUT2D eigenvalue weighted by molar-refractivity contribution is 7.98. The molecule has 1 atom stereocenters. The van der Waals surface area contributed by atoms with Gasteiger partial charge in [0.1, 0.15) is 0 Å². The lowest BCUT2D eigenvalue weighted by Gasteiger charge is -2.22. The van der Waals surface area contributed by atoms with Crippen LogP contribution in [0.4, 0.5) is 0 Å². The molecule has 0 saturated carbocycles. The SMILES string of the molecule is CSc1ccc(CN2CCC(C)(CN)C2)cc1. The van der Waals surface area contributed by atoms with Crippen LogP contribution in [-0.2, 0) is 6.54 Å². The number of rotatable bonds is 4. The minimum Gasteiger partial charge on any atom is -0.330 e. The summed E-state index contributed by atoms with van der Waals surface area (Å²) in [4.78, 5) is 3.85. The highest BCUT2D eigenvalue weighted by Crippen LogP contribution is 2.29. The van der Waals surface area contributed by atoms with Gasteiger partial charge in [0.15, 0.2) is 0 Å². The van der Waals surface area contributed by atoms with Crippen molar-refractivity contribution in [1.29, 1.82) is 0 Å². The van der Waals surface area contributed by atoms with Gasteiger partial charge in [0.05, 0.1) is 0 Å². The van der Waals surface area contributed by atoms with Crippen LogP contribution in [0.2, 0.25) is 0 Å². The number of benzene rings is 1. The molecule has 0 aliphatic carbocycles. The fraction of sp³-hybridized carbons (Fsp3) is 0.571. The lowest BCUT2D eigenvalue weighted by molar-refractivity contribution is 0.274. The Balaban J connectivity index is 1.93. The first-order valence-electron chi connectivity index (χ1n) is 6.20. The van der Waals surface area contributed by atoms with Gasteiger partial charge in [0, 0.05) is 18.0 Å². The number of thioether (sulfide) groups is 1. The summed E-state index contributed by atoms with van der Waals surface area (Å²) in [5.74, 6) is 0. The van der Waals surface area contributed by atoms with Crippen molar-refractivity contribution in [2.45, 2.75) is 24.8 Å². The van der Waals surface area contributed by atoms with Gasteiger partial charge in [-0.3, -0.25) is 4.90 Å². The fourth-order valence-electron chi connectivity index (χ4n) is 2.42. The smallest absolute Gasteiger partial charge is 0.0233 e. The molecule has 1 aliphatic rings. The van der Waals surface area contributed by atoms with Gasteiger partial charge in [-0.2, -0.15) is 0 Å². The van der Waals surface area contributed by atoms with E-state index in [9.17, 15) is 0 Å². The fourth-order valence-corrected chi connectivity index (χ4v) is 2.82. The van der Waals surface area contributed by atoms with Gasteiger partial charge >= 0.3 is 0 Å². The van der Waals surface area contributed by atoms with Gasteiger partial charge in [0.2, 0.25) is 0 Å². The molecule has 3 heteroatoms. The van der Waals surface area contributed by atoms with Crippen molar-refractivity contribution in [2.24, 2.45) is 11.1 Å². The van der Waals surface area contributed by atoms with Crippen LogP contribution in [0.25, 0.3) is 0 Å². The lowest BCUT2D eigenvalue weighted by Crippen LogP contribution is -2.31. The standard InChI is InChI=1S/C14H22N2S/c1-14(10-15)7-8-16(11-14)9-12-3-5-13(17-2)6-4-12/h3-6H,7-11,15H2,1-2H3. The maximum absolute atomic E-state index is 5.83. The number of nitrogens with zero attached hydrogens (tertiary/aromatic N) is 1. The normalized spacial score (nSPS) is 25.4. The van der Waals surface area contributed by atoms with Gasteiger partial charge in [-0.1, -0.05) is 19.1 Å². The van der Waals surface area contributed by atoms with Crippen molar-refractivity contribution in [2.75, 3.05) is 25.9 Å². The molecular formula is C14H22N2S. The molecule has 2 nitrogen and oxygen atoms in total. The number of hydrogen-bond acceptors (Lipinski definition) is 3. The molecule has 0 spiro atoms. The van der Waals surface area contributed by atoms with Crippen LogP contribution in [0.3, 0.4) is 0 Å². The van der Waals surface area contributed by atoms with Crippen LogP contribution in [-0.4, -0.2) is 30.8 Å². The Morgan fingerprint density at radius 3 is 2.59 bits per heavy atom. The molecule has 1 fully saturated rings. The Morgan fingerprint density at radius 1 is 1.35 bits per heavy atom. The molecule has 2 N–H and O–H groups in total. The third kappa shape index (κ3) is 3.24. The summed E-state index contributed by atoms with van der Waals surface area (Å²) in [6, 6.07) is 8.89. The molecule has 2 rings (SSSR count). The molecule has 17 heavy (non-hydrogen) atoms. The Hall–Kier alpha value is -0.510. The predicted molar refractivity (Wildman–Crippen MR) is 75.3 cm³/mol. The Labute approximate surface area is 109 Å². The third-order valence-electron chi connectivity index (χ3n) is 3.69. The van der Waals surface area contributed by atoms with Crippen molar-refractivity contribution >= 4 is 11.8 Å². The van der Waals surface area contributed by atoms with Crippen LogP contribution in [0.1, 0.15) is 18.9 Å². The van der Waals surface area contributed by atoms with Gasteiger partial charge in [-0.15, -0.1) is 11.8 Å².